The largest absolute Gasteiger partial charge is 0.357 e. The van der Waals surface area contributed by atoms with Crippen LogP contribution in [0, 0.1) is 11.8 Å². The van der Waals surface area contributed by atoms with Gasteiger partial charge in [0.15, 0.2) is 0 Å². The Morgan fingerprint density at radius 2 is 2.16 bits per heavy atom. The monoisotopic (exact) mass is 326 g/mol. The molecule has 1 aromatic heterocycles. The standard InChI is InChI=1S/C14H23BrN4/c1-10(2)11-5-4-7-19(8-6-11)13-12(15)9-17-14(16-3)18-13/h9-11H,4-8H2,1-3H3,(H,16,17,18). The van der Waals surface area contributed by atoms with Crippen LogP contribution in [0.4, 0.5) is 11.8 Å². The van der Waals surface area contributed by atoms with Crippen molar-refractivity contribution in [3.8, 4) is 0 Å². The van der Waals surface area contributed by atoms with Gasteiger partial charge in [-0.2, -0.15) is 4.98 Å². The molecule has 1 aliphatic rings. The van der Waals surface area contributed by atoms with E-state index in [-0.39, 0.29) is 0 Å². The quantitative estimate of drug-likeness (QED) is 0.922. The number of nitrogens with one attached hydrogen (secondary N) is 1. The molecule has 0 amide bonds. The van der Waals surface area contributed by atoms with E-state index < -0.39 is 0 Å². The van der Waals surface area contributed by atoms with E-state index in [9.17, 15) is 0 Å². The van der Waals surface area contributed by atoms with E-state index >= 15 is 0 Å². The number of rotatable bonds is 3. The highest BCUT2D eigenvalue weighted by Crippen LogP contribution is 2.30. The molecule has 19 heavy (non-hydrogen) atoms. The highest BCUT2D eigenvalue weighted by atomic mass is 79.9. The number of nitrogens with zero attached hydrogens (tertiary/aromatic N) is 3. The van der Waals surface area contributed by atoms with Gasteiger partial charge in [-0.3, -0.25) is 0 Å². The molecule has 1 atom stereocenters. The van der Waals surface area contributed by atoms with Gasteiger partial charge in [-0.1, -0.05) is 13.8 Å². The van der Waals surface area contributed by atoms with Crippen LogP contribution in [0.2, 0.25) is 0 Å². The van der Waals surface area contributed by atoms with Gasteiger partial charge in [-0.05, 0) is 47.0 Å². The summed E-state index contributed by atoms with van der Waals surface area (Å²) >= 11 is 3.57. The summed E-state index contributed by atoms with van der Waals surface area (Å²) in [6, 6.07) is 0. The average Bonchev–Trinajstić information content (AvgIpc) is 2.65. The van der Waals surface area contributed by atoms with Gasteiger partial charge in [0, 0.05) is 26.3 Å². The zero-order valence-corrected chi connectivity index (χ0v) is 13.6. The fourth-order valence-electron chi connectivity index (χ4n) is 2.70. The van der Waals surface area contributed by atoms with E-state index in [1.165, 1.54) is 19.3 Å². The Bertz CT molecular complexity index is 422. The lowest BCUT2D eigenvalue weighted by atomic mass is 9.89. The Morgan fingerprint density at radius 3 is 2.84 bits per heavy atom. The molecule has 0 radical (unpaired) electrons. The molecular weight excluding hydrogens is 304 g/mol. The van der Waals surface area contributed by atoms with Crippen molar-refractivity contribution in [1.29, 1.82) is 0 Å². The second kappa shape index (κ2) is 6.55. The van der Waals surface area contributed by atoms with Gasteiger partial charge in [0.05, 0.1) is 4.47 Å². The maximum Gasteiger partial charge on any atom is 0.224 e. The van der Waals surface area contributed by atoms with Crippen LogP contribution in [-0.4, -0.2) is 30.1 Å². The molecular formula is C14H23BrN4. The Labute approximate surface area is 124 Å². The molecule has 1 saturated heterocycles. The second-order valence-electron chi connectivity index (χ2n) is 5.54. The van der Waals surface area contributed by atoms with E-state index in [0.717, 1.165) is 35.2 Å². The molecule has 2 heterocycles. The Hall–Kier alpha value is -0.840. The third kappa shape index (κ3) is 3.59. The van der Waals surface area contributed by atoms with Crippen LogP contribution in [0.15, 0.2) is 10.7 Å². The first-order valence-electron chi connectivity index (χ1n) is 7.07. The first kappa shape index (κ1) is 14.6. The number of hydrogen-bond donors (Lipinski definition) is 1. The van der Waals surface area contributed by atoms with E-state index in [2.05, 4.69) is 50.0 Å². The highest BCUT2D eigenvalue weighted by molar-refractivity contribution is 9.10. The third-order valence-electron chi connectivity index (χ3n) is 3.96. The van der Waals surface area contributed by atoms with Crippen LogP contribution >= 0.6 is 15.9 Å². The highest BCUT2D eigenvalue weighted by Gasteiger charge is 2.21. The molecule has 4 nitrogen and oxygen atoms in total. The van der Waals surface area contributed by atoms with Crippen LogP contribution in [0.1, 0.15) is 33.1 Å². The number of hydrogen-bond acceptors (Lipinski definition) is 4. The summed E-state index contributed by atoms with van der Waals surface area (Å²) < 4.78 is 0.981. The zero-order valence-electron chi connectivity index (χ0n) is 12.0. The van der Waals surface area contributed by atoms with Crippen LogP contribution < -0.4 is 10.2 Å². The van der Waals surface area contributed by atoms with Gasteiger partial charge < -0.3 is 10.2 Å². The molecule has 0 spiro atoms. The molecule has 1 fully saturated rings. The molecule has 0 aromatic carbocycles. The van der Waals surface area contributed by atoms with E-state index in [1.54, 1.807) is 0 Å². The van der Waals surface area contributed by atoms with Gasteiger partial charge in [0.25, 0.3) is 0 Å². The fraction of sp³-hybridized carbons (Fsp3) is 0.714. The topological polar surface area (TPSA) is 41.1 Å². The predicted molar refractivity (Wildman–Crippen MR) is 83.7 cm³/mol. The van der Waals surface area contributed by atoms with Crippen LogP contribution in [0.5, 0.6) is 0 Å². The first-order chi connectivity index (χ1) is 9.11. The second-order valence-corrected chi connectivity index (χ2v) is 6.39. The molecule has 1 unspecified atom stereocenters. The SMILES string of the molecule is CNc1ncc(Br)c(N2CCCC(C(C)C)CC2)n1. The summed E-state index contributed by atoms with van der Waals surface area (Å²) in [6.07, 6.45) is 5.66. The summed E-state index contributed by atoms with van der Waals surface area (Å²) in [7, 11) is 1.85. The minimum atomic E-state index is 0.683. The summed E-state index contributed by atoms with van der Waals surface area (Å²) in [5, 5.41) is 3.01. The van der Waals surface area contributed by atoms with Crippen molar-refractivity contribution in [2.75, 3.05) is 30.4 Å². The van der Waals surface area contributed by atoms with Gasteiger partial charge in [0.2, 0.25) is 5.95 Å². The molecule has 0 aliphatic carbocycles. The minimum Gasteiger partial charge on any atom is -0.357 e. The Balaban J connectivity index is 2.13. The summed E-state index contributed by atoms with van der Waals surface area (Å²) in [6.45, 7) is 6.84. The van der Waals surface area contributed by atoms with Crippen molar-refractivity contribution in [1.82, 2.24) is 9.97 Å². The molecule has 1 aromatic rings. The van der Waals surface area contributed by atoms with Crippen molar-refractivity contribution < 1.29 is 0 Å². The fourth-order valence-corrected chi connectivity index (χ4v) is 3.14. The van der Waals surface area contributed by atoms with Gasteiger partial charge in [-0.25, -0.2) is 4.98 Å². The molecule has 5 heteroatoms. The summed E-state index contributed by atoms with van der Waals surface area (Å²) in [5.41, 5.74) is 0. The van der Waals surface area contributed by atoms with E-state index in [4.69, 9.17) is 0 Å². The zero-order chi connectivity index (χ0) is 13.8. The minimum absolute atomic E-state index is 0.683. The van der Waals surface area contributed by atoms with Gasteiger partial charge >= 0.3 is 0 Å². The van der Waals surface area contributed by atoms with Crippen molar-refractivity contribution >= 4 is 27.7 Å². The third-order valence-corrected chi connectivity index (χ3v) is 4.52. The lowest BCUT2D eigenvalue weighted by Gasteiger charge is -2.23. The number of aromatic nitrogens is 2. The lowest BCUT2D eigenvalue weighted by molar-refractivity contribution is 0.351. The maximum absolute atomic E-state index is 4.58. The van der Waals surface area contributed by atoms with Crippen molar-refractivity contribution in [2.24, 2.45) is 11.8 Å². The number of anilines is 2. The van der Waals surface area contributed by atoms with Crippen molar-refractivity contribution in [3.05, 3.63) is 10.7 Å². The van der Waals surface area contributed by atoms with E-state index in [0.29, 0.717) is 5.95 Å². The average molecular weight is 327 g/mol. The Morgan fingerprint density at radius 1 is 1.37 bits per heavy atom. The molecule has 0 saturated carbocycles. The van der Waals surface area contributed by atoms with Gasteiger partial charge in [0.1, 0.15) is 5.82 Å². The molecule has 106 valence electrons. The molecule has 0 bridgehead atoms. The van der Waals surface area contributed by atoms with Gasteiger partial charge in [-0.15, -0.1) is 0 Å². The maximum atomic E-state index is 4.58. The number of halogens is 1. The smallest absolute Gasteiger partial charge is 0.224 e. The molecule has 1 N–H and O–H groups in total. The van der Waals surface area contributed by atoms with Crippen LogP contribution in [0.25, 0.3) is 0 Å². The summed E-state index contributed by atoms with van der Waals surface area (Å²) in [4.78, 5) is 11.2. The van der Waals surface area contributed by atoms with Crippen LogP contribution in [-0.2, 0) is 0 Å². The van der Waals surface area contributed by atoms with Crippen LogP contribution in [0.3, 0.4) is 0 Å². The van der Waals surface area contributed by atoms with Crippen molar-refractivity contribution in [2.45, 2.75) is 33.1 Å². The first-order valence-corrected chi connectivity index (χ1v) is 7.86. The van der Waals surface area contributed by atoms with E-state index in [1.807, 2.05) is 13.2 Å². The van der Waals surface area contributed by atoms with Crippen molar-refractivity contribution in [3.63, 3.8) is 0 Å². The lowest BCUT2D eigenvalue weighted by Crippen LogP contribution is -2.26. The Kier molecular flexibility index (Phi) is 5.02. The predicted octanol–water partition coefficient (Wildman–Crippen LogP) is 3.54. The normalized spacial score (nSPS) is 20.5. The molecule has 2 rings (SSSR count). The summed E-state index contributed by atoms with van der Waals surface area (Å²) in [5.74, 6) is 3.32. The molecule has 1 aliphatic heterocycles.